The smallest absolute Gasteiger partial charge is 0.163 e. The fourth-order valence-corrected chi connectivity index (χ4v) is 3.94. The minimum absolute atomic E-state index is 0.00974. The van der Waals surface area contributed by atoms with Crippen LogP contribution < -0.4 is 0 Å². The standard InChI is InChI=1S/C16H19ClN4O/c1-20-10-18-19-16(20)15-9-21(7-8-22-15)14-6-5-11-12(14)3-2-4-13(11)17/h2-4,10,14-15H,5-9H2,1H3/t14-,15+/m0/s1. The number of hydrogen-bond acceptors (Lipinski definition) is 4. The van der Waals surface area contributed by atoms with Crippen molar-refractivity contribution in [2.24, 2.45) is 7.05 Å². The van der Waals surface area contributed by atoms with Crippen LogP contribution in [0.1, 0.15) is 35.5 Å². The second kappa shape index (κ2) is 5.65. The summed E-state index contributed by atoms with van der Waals surface area (Å²) < 4.78 is 7.85. The summed E-state index contributed by atoms with van der Waals surface area (Å²) in [4.78, 5) is 2.50. The molecule has 0 amide bonds. The van der Waals surface area contributed by atoms with E-state index in [9.17, 15) is 0 Å². The van der Waals surface area contributed by atoms with Crippen LogP contribution in [0.25, 0.3) is 0 Å². The van der Waals surface area contributed by atoms with Gasteiger partial charge in [0.1, 0.15) is 12.4 Å². The summed E-state index contributed by atoms with van der Waals surface area (Å²) in [5, 5.41) is 9.06. The molecular formula is C16H19ClN4O. The summed E-state index contributed by atoms with van der Waals surface area (Å²) in [5.74, 6) is 0.897. The van der Waals surface area contributed by atoms with Crippen LogP contribution in [0.5, 0.6) is 0 Å². The molecule has 5 nitrogen and oxygen atoms in total. The largest absolute Gasteiger partial charge is 0.368 e. The number of halogens is 1. The molecule has 2 aromatic rings. The molecule has 2 atom stereocenters. The lowest BCUT2D eigenvalue weighted by Gasteiger charge is -2.36. The fourth-order valence-electron chi connectivity index (χ4n) is 3.66. The zero-order chi connectivity index (χ0) is 15.1. The number of rotatable bonds is 2. The topological polar surface area (TPSA) is 43.2 Å². The van der Waals surface area contributed by atoms with E-state index >= 15 is 0 Å². The van der Waals surface area contributed by atoms with Crippen molar-refractivity contribution in [3.63, 3.8) is 0 Å². The number of fused-ring (bicyclic) bond motifs is 1. The predicted octanol–water partition coefficient (Wildman–Crippen LogP) is 2.53. The van der Waals surface area contributed by atoms with Crippen LogP contribution in [-0.2, 0) is 18.2 Å². The van der Waals surface area contributed by atoms with E-state index in [1.165, 1.54) is 11.1 Å². The Labute approximate surface area is 134 Å². The first-order valence-corrected chi connectivity index (χ1v) is 8.08. The van der Waals surface area contributed by atoms with Gasteiger partial charge in [-0.1, -0.05) is 23.7 Å². The maximum absolute atomic E-state index is 6.34. The molecule has 1 aromatic carbocycles. The highest BCUT2D eigenvalue weighted by atomic mass is 35.5. The normalized spacial score (nSPS) is 25.4. The van der Waals surface area contributed by atoms with E-state index in [-0.39, 0.29) is 6.10 Å². The molecule has 1 aliphatic heterocycles. The first kappa shape index (κ1) is 14.2. The first-order chi connectivity index (χ1) is 10.7. The number of hydrogen-bond donors (Lipinski definition) is 0. The second-order valence-corrected chi connectivity index (χ2v) is 6.42. The lowest BCUT2D eigenvalue weighted by molar-refractivity contribution is -0.0505. The molecule has 0 saturated carbocycles. The molecule has 1 aromatic heterocycles. The van der Waals surface area contributed by atoms with Gasteiger partial charge in [0.15, 0.2) is 5.82 Å². The van der Waals surface area contributed by atoms with Crippen LogP contribution in [0, 0.1) is 0 Å². The molecule has 0 bridgehead atoms. The molecule has 0 spiro atoms. The zero-order valence-corrected chi connectivity index (χ0v) is 13.3. The van der Waals surface area contributed by atoms with Gasteiger partial charge in [-0.05, 0) is 30.0 Å². The van der Waals surface area contributed by atoms with E-state index in [2.05, 4.69) is 27.2 Å². The van der Waals surface area contributed by atoms with Gasteiger partial charge in [0, 0.05) is 31.2 Å². The van der Waals surface area contributed by atoms with E-state index < -0.39 is 0 Å². The Kier molecular flexibility index (Phi) is 3.64. The maximum atomic E-state index is 6.34. The average Bonchev–Trinajstić information content (AvgIpc) is 3.14. The first-order valence-electron chi connectivity index (χ1n) is 7.71. The van der Waals surface area contributed by atoms with E-state index in [1.807, 2.05) is 17.7 Å². The minimum atomic E-state index is -0.00974. The Morgan fingerprint density at radius 2 is 2.27 bits per heavy atom. The van der Waals surface area contributed by atoms with Gasteiger partial charge in [0.25, 0.3) is 0 Å². The Morgan fingerprint density at radius 3 is 3.09 bits per heavy atom. The summed E-state index contributed by atoms with van der Waals surface area (Å²) in [5.41, 5.74) is 2.70. The Morgan fingerprint density at radius 1 is 1.36 bits per heavy atom. The van der Waals surface area contributed by atoms with Crippen molar-refractivity contribution < 1.29 is 4.74 Å². The van der Waals surface area contributed by atoms with Gasteiger partial charge in [0.2, 0.25) is 0 Å². The number of ether oxygens (including phenoxy) is 1. The third-order valence-corrected chi connectivity index (χ3v) is 5.11. The molecule has 6 heteroatoms. The molecule has 1 aliphatic carbocycles. The zero-order valence-electron chi connectivity index (χ0n) is 12.6. The predicted molar refractivity (Wildman–Crippen MR) is 83.8 cm³/mol. The average molecular weight is 319 g/mol. The van der Waals surface area contributed by atoms with Crippen molar-refractivity contribution in [1.82, 2.24) is 19.7 Å². The van der Waals surface area contributed by atoms with Crippen LogP contribution in [0.2, 0.25) is 5.02 Å². The Hall–Kier alpha value is -1.43. The molecule has 0 radical (unpaired) electrons. The highest BCUT2D eigenvalue weighted by Gasteiger charge is 2.34. The number of aromatic nitrogens is 3. The van der Waals surface area contributed by atoms with Crippen LogP contribution in [-0.4, -0.2) is 39.4 Å². The van der Waals surface area contributed by atoms with Crippen LogP contribution in [0.3, 0.4) is 0 Å². The van der Waals surface area contributed by atoms with Gasteiger partial charge in [0.05, 0.1) is 6.61 Å². The van der Waals surface area contributed by atoms with Gasteiger partial charge in [-0.2, -0.15) is 0 Å². The van der Waals surface area contributed by atoms with Crippen molar-refractivity contribution >= 4 is 11.6 Å². The highest BCUT2D eigenvalue weighted by Crippen LogP contribution is 2.40. The SMILES string of the molecule is Cn1cnnc1[C@H]1CN([C@H]2CCc3c(Cl)cccc32)CCO1. The molecule has 0 N–H and O–H groups in total. The molecule has 22 heavy (non-hydrogen) atoms. The molecule has 2 heterocycles. The monoisotopic (exact) mass is 318 g/mol. The third kappa shape index (κ3) is 2.33. The van der Waals surface area contributed by atoms with Crippen molar-refractivity contribution in [3.8, 4) is 0 Å². The molecule has 0 unspecified atom stereocenters. The quantitative estimate of drug-likeness (QED) is 0.853. The van der Waals surface area contributed by atoms with Crippen molar-refractivity contribution in [3.05, 3.63) is 46.5 Å². The molecular weight excluding hydrogens is 300 g/mol. The lowest BCUT2D eigenvalue weighted by Crippen LogP contribution is -2.40. The summed E-state index contributed by atoms with van der Waals surface area (Å²) in [6, 6.07) is 6.70. The van der Waals surface area contributed by atoms with Crippen molar-refractivity contribution in [2.75, 3.05) is 19.7 Å². The number of nitrogens with zero attached hydrogens (tertiary/aromatic N) is 4. The van der Waals surface area contributed by atoms with Crippen molar-refractivity contribution in [1.29, 1.82) is 0 Å². The summed E-state index contributed by atoms with van der Waals surface area (Å²) in [6.45, 7) is 2.53. The highest BCUT2D eigenvalue weighted by molar-refractivity contribution is 6.31. The lowest BCUT2D eigenvalue weighted by atomic mass is 10.1. The fraction of sp³-hybridized carbons (Fsp3) is 0.500. The van der Waals surface area contributed by atoms with Crippen LogP contribution in [0.4, 0.5) is 0 Å². The number of aryl methyl sites for hydroxylation is 1. The van der Waals surface area contributed by atoms with Crippen molar-refractivity contribution in [2.45, 2.75) is 25.0 Å². The van der Waals surface area contributed by atoms with Gasteiger partial charge < -0.3 is 9.30 Å². The summed E-state index contributed by atoms with van der Waals surface area (Å²) in [7, 11) is 1.96. The number of benzene rings is 1. The molecule has 4 rings (SSSR count). The Balaban J connectivity index is 1.57. The molecule has 1 saturated heterocycles. The Bertz CT molecular complexity index is 687. The maximum Gasteiger partial charge on any atom is 0.163 e. The molecule has 2 aliphatic rings. The third-order valence-electron chi connectivity index (χ3n) is 4.75. The van der Waals surface area contributed by atoms with Crippen LogP contribution in [0.15, 0.2) is 24.5 Å². The van der Waals surface area contributed by atoms with E-state index in [0.29, 0.717) is 6.04 Å². The van der Waals surface area contributed by atoms with E-state index in [0.717, 1.165) is 43.4 Å². The van der Waals surface area contributed by atoms with Gasteiger partial charge in [-0.25, -0.2) is 0 Å². The summed E-state index contributed by atoms with van der Waals surface area (Å²) >= 11 is 6.34. The van der Waals surface area contributed by atoms with E-state index in [4.69, 9.17) is 16.3 Å². The van der Waals surface area contributed by atoms with E-state index in [1.54, 1.807) is 6.33 Å². The second-order valence-electron chi connectivity index (χ2n) is 6.02. The van der Waals surface area contributed by atoms with Gasteiger partial charge in [-0.3, -0.25) is 4.90 Å². The van der Waals surface area contributed by atoms with Gasteiger partial charge in [-0.15, -0.1) is 10.2 Å². The molecule has 116 valence electrons. The minimum Gasteiger partial charge on any atom is -0.368 e. The van der Waals surface area contributed by atoms with Crippen LogP contribution >= 0.6 is 11.6 Å². The number of morpholine rings is 1. The van der Waals surface area contributed by atoms with Gasteiger partial charge >= 0.3 is 0 Å². The summed E-state index contributed by atoms with van der Waals surface area (Å²) in [6.07, 6.45) is 3.91. The molecule has 1 fully saturated rings.